The third-order valence-corrected chi connectivity index (χ3v) is 4.45. The molecule has 0 aliphatic heterocycles. The third kappa shape index (κ3) is 4.98. The van der Waals surface area contributed by atoms with Crippen molar-refractivity contribution in [1.29, 1.82) is 0 Å². The maximum absolute atomic E-state index is 13.2. The van der Waals surface area contributed by atoms with E-state index in [9.17, 15) is 9.18 Å². The van der Waals surface area contributed by atoms with Crippen molar-refractivity contribution < 1.29 is 13.9 Å². The van der Waals surface area contributed by atoms with Gasteiger partial charge in [-0.3, -0.25) is 4.79 Å². The molecule has 0 bridgehead atoms. The lowest BCUT2D eigenvalue weighted by Gasteiger charge is -2.13. The summed E-state index contributed by atoms with van der Waals surface area (Å²) >= 11 is 6.12. The van der Waals surface area contributed by atoms with E-state index in [-0.39, 0.29) is 18.1 Å². The van der Waals surface area contributed by atoms with Gasteiger partial charge in [-0.2, -0.15) is 0 Å². The molecule has 1 aromatic heterocycles. The van der Waals surface area contributed by atoms with Crippen LogP contribution in [0.3, 0.4) is 0 Å². The van der Waals surface area contributed by atoms with Crippen molar-refractivity contribution in [3.05, 3.63) is 76.7 Å². The second-order valence-corrected chi connectivity index (χ2v) is 6.62. The minimum atomic E-state index is -0.369. The molecule has 5 nitrogen and oxygen atoms in total. The summed E-state index contributed by atoms with van der Waals surface area (Å²) in [7, 11) is 1.57. The van der Waals surface area contributed by atoms with E-state index >= 15 is 0 Å². The Bertz CT molecular complexity index is 993. The molecular weight excluding hydrogens is 381 g/mol. The van der Waals surface area contributed by atoms with Gasteiger partial charge in [0, 0.05) is 11.1 Å². The molecule has 0 saturated carbocycles. The first-order chi connectivity index (χ1) is 13.4. The fourth-order valence-corrected chi connectivity index (χ4v) is 2.80. The molecule has 2 aromatic carbocycles. The fraction of sp³-hybridized carbons (Fsp3) is 0.143. The Labute approximate surface area is 167 Å². The summed E-state index contributed by atoms with van der Waals surface area (Å²) in [6.45, 7) is 1.91. The first-order valence-corrected chi connectivity index (χ1v) is 8.94. The number of aromatic nitrogens is 1. The van der Waals surface area contributed by atoms with Gasteiger partial charge in [0.05, 0.1) is 31.1 Å². The Morgan fingerprint density at radius 3 is 2.71 bits per heavy atom. The molecule has 0 aliphatic carbocycles. The highest BCUT2D eigenvalue weighted by Crippen LogP contribution is 2.33. The van der Waals surface area contributed by atoms with Gasteiger partial charge < -0.3 is 15.4 Å². The van der Waals surface area contributed by atoms with Crippen LogP contribution in [0.1, 0.15) is 11.1 Å². The lowest BCUT2D eigenvalue weighted by atomic mass is 10.1. The Balaban J connectivity index is 1.65. The molecule has 28 heavy (non-hydrogen) atoms. The number of rotatable bonds is 6. The predicted molar refractivity (Wildman–Crippen MR) is 109 cm³/mol. The molecule has 2 N–H and O–H groups in total. The number of benzene rings is 2. The molecule has 144 valence electrons. The van der Waals surface area contributed by atoms with Crippen LogP contribution in [0.25, 0.3) is 0 Å². The number of nitrogens with zero attached hydrogens (tertiary/aromatic N) is 1. The van der Waals surface area contributed by atoms with Gasteiger partial charge >= 0.3 is 0 Å². The smallest absolute Gasteiger partial charge is 0.229 e. The minimum absolute atomic E-state index is 0.0701. The number of nitrogens with one attached hydrogen (secondary N) is 2. The van der Waals surface area contributed by atoms with Crippen molar-refractivity contribution in [2.45, 2.75) is 13.3 Å². The van der Waals surface area contributed by atoms with Gasteiger partial charge in [-0.25, -0.2) is 9.37 Å². The van der Waals surface area contributed by atoms with Gasteiger partial charge in [0.15, 0.2) is 0 Å². The number of aryl methyl sites for hydroxylation is 1. The Hall–Kier alpha value is -3.12. The Morgan fingerprint density at radius 1 is 1.21 bits per heavy atom. The summed E-state index contributed by atoms with van der Waals surface area (Å²) in [5.74, 6) is 0.384. The first kappa shape index (κ1) is 19.6. The first-order valence-electron chi connectivity index (χ1n) is 8.56. The second-order valence-electron chi connectivity index (χ2n) is 6.21. The summed E-state index contributed by atoms with van der Waals surface area (Å²) in [6, 6.07) is 13.0. The Morgan fingerprint density at radius 2 is 2.04 bits per heavy atom. The molecule has 0 radical (unpaired) electrons. The highest BCUT2D eigenvalue weighted by molar-refractivity contribution is 6.31. The van der Waals surface area contributed by atoms with E-state index in [1.165, 1.54) is 12.1 Å². The van der Waals surface area contributed by atoms with Crippen molar-refractivity contribution in [2.24, 2.45) is 0 Å². The van der Waals surface area contributed by atoms with Crippen molar-refractivity contribution in [3.63, 3.8) is 0 Å². The summed E-state index contributed by atoms with van der Waals surface area (Å²) in [6.07, 6.45) is 1.67. The lowest BCUT2D eigenvalue weighted by molar-refractivity contribution is -0.115. The molecular formula is C21H19ClFN3O2. The van der Waals surface area contributed by atoms with Crippen LogP contribution in [0.2, 0.25) is 5.02 Å². The summed E-state index contributed by atoms with van der Waals surface area (Å²) in [5, 5.41) is 6.54. The topological polar surface area (TPSA) is 63.2 Å². The highest BCUT2D eigenvalue weighted by Gasteiger charge is 2.09. The van der Waals surface area contributed by atoms with Crippen LogP contribution in [-0.2, 0) is 11.2 Å². The van der Waals surface area contributed by atoms with E-state index in [0.717, 1.165) is 16.9 Å². The quantitative estimate of drug-likeness (QED) is 0.604. The van der Waals surface area contributed by atoms with Crippen molar-refractivity contribution >= 4 is 34.7 Å². The Kier molecular flexibility index (Phi) is 6.11. The van der Waals surface area contributed by atoms with Gasteiger partial charge in [0.25, 0.3) is 0 Å². The number of pyridine rings is 1. The fourth-order valence-electron chi connectivity index (χ4n) is 2.65. The van der Waals surface area contributed by atoms with Crippen molar-refractivity contribution in [1.82, 2.24) is 4.98 Å². The van der Waals surface area contributed by atoms with E-state index in [1.54, 1.807) is 43.6 Å². The molecule has 1 heterocycles. The predicted octanol–water partition coefficient (Wildman–Crippen LogP) is 5.12. The van der Waals surface area contributed by atoms with Crippen LogP contribution in [0.4, 0.5) is 21.6 Å². The van der Waals surface area contributed by atoms with Gasteiger partial charge in [-0.1, -0.05) is 23.7 Å². The van der Waals surface area contributed by atoms with Crippen molar-refractivity contribution in [3.8, 4) is 5.75 Å². The largest absolute Gasteiger partial charge is 0.495 e. The number of carbonyl (C=O) groups excluding carboxylic acids is 1. The summed E-state index contributed by atoms with van der Waals surface area (Å²) in [4.78, 5) is 16.3. The van der Waals surface area contributed by atoms with E-state index in [2.05, 4.69) is 15.6 Å². The van der Waals surface area contributed by atoms with Crippen LogP contribution < -0.4 is 15.4 Å². The molecule has 7 heteroatoms. The highest BCUT2D eigenvalue weighted by atomic mass is 35.5. The second kappa shape index (κ2) is 8.71. The molecule has 0 fully saturated rings. The molecule has 0 saturated heterocycles. The molecule has 1 amide bonds. The average molecular weight is 400 g/mol. The average Bonchev–Trinajstić information content (AvgIpc) is 2.66. The molecule has 0 unspecified atom stereocenters. The molecule has 3 aromatic rings. The van der Waals surface area contributed by atoms with Crippen LogP contribution in [0.15, 0.2) is 54.7 Å². The molecule has 3 rings (SSSR count). The minimum Gasteiger partial charge on any atom is -0.495 e. The van der Waals surface area contributed by atoms with Gasteiger partial charge in [-0.15, -0.1) is 0 Å². The van der Waals surface area contributed by atoms with Crippen LogP contribution in [0, 0.1) is 12.7 Å². The van der Waals surface area contributed by atoms with E-state index in [1.807, 2.05) is 13.0 Å². The standard InChI is InChI=1S/C21H19ClFN3O2/c1-13-8-18(19(28-2)11-17(13)22)25-16-6-7-20(24-12-16)26-21(27)10-14-4-3-5-15(23)9-14/h3-9,11-12,25H,10H2,1-2H3,(H,24,26,27). The van der Waals surface area contributed by atoms with Crippen LogP contribution >= 0.6 is 11.6 Å². The number of methoxy groups -OCH3 is 1. The number of anilines is 3. The van der Waals surface area contributed by atoms with Crippen LogP contribution in [-0.4, -0.2) is 18.0 Å². The number of amides is 1. The lowest BCUT2D eigenvalue weighted by Crippen LogP contribution is -2.15. The third-order valence-electron chi connectivity index (χ3n) is 4.04. The van der Waals surface area contributed by atoms with Gasteiger partial charge in [-0.05, 0) is 48.4 Å². The number of hydrogen-bond acceptors (Lipinski definition) is 4. The zero-order valence-corrected chi connectivity index (χ0v) is 16.2. The SMILES string of the molecule is COc1cc(Cl)c(C)cc1Nc1ccc(NC(=O)Cc2cccc(F)c2)nc1. The van der Waals surface area contributed by atoms with Gasteiger partial charge in [0.2, 0.25) is 5.91 Å². The number of ether oxygens (including phenoxy) is 1. The zero-order chi connectivity index (χ0) is 20.1. The number of carbonyl (C=O) groups is 1. The number of halogens is 2. The summed E-state index contributed by atoms with van der Waals surface area (Å²) < 4.78 is 18.5. The van der Waals surface area contributed by atoms with Crippen molar-refractivity contribution in [2.75, 3.05) is 17.7 Å². The van der Waals surface area contributed by atoms with E-state index in [4.69, 9.17) is 16.3 Å². The van der Waals surface area contributed by atoms with E-state index < -0.39 is 0 Å². The molecule has 0 aliphatic rings. The molecule has 0 atom stereocenters. The summed E-state index contributed by atoms with van der Waals surface area (Å²) in [5.41, 5.74) is 3.00. The maximum atomic E-state index is 13.2. The zero-order valence-electron chi connectivity index (χ0n) is 15.4. The number of hydrogen-bond donors (Lipinski definition) is 2. The molecule has 0 spiro atoms. The van der Waals surface area contributed by atoms with E-state index in [0.29, 0.717) is 22.2 Å². The van der Waals surface area contributed by atoms with Gasteiger partial charge in [0.1, 0.15) is 17.4 Å². The van der Waals surface area contributed by atoms with Crippen LogP contribution in [0.5, 0.6) is 5.75 Å². The monoisotopic (exact) mass is 399 g/mol. The maximum Gasteiger partial charge on any atom is 0.229 e. The normalized spacial score (nSPS) is 10.4.